The van der Waals surface area contributed by atoms with Crippen molar-refractivity contribution in [3.63, 3.8) is 0 Å². The normalized spacial score (nSPS) is 31.9. The molecule has 2 saturated heterocycles. The first kappa shape index (κ1) is 26.0. The summed E-state index contributed by atoms with van der Waals surface area (Å²) in [6.07, 6.45) is 0.921. The Morgan fingerprint density at radius 3 is 2.21 bits per heavy atom. The van der Waals surface area contributed by atoms with E-state index in [1.54, 1.807) is 36.1 Å². The van der Waals surface area contributed by atoms with Gasteiger partial charge in [0.25, 0.3) is 0 Å². The van der Waals surface area contributed by atoms with Crippen LogP contribution in [0.4, 0.5) is 11.4 Å². The summed E-state index contributed by atoms with van der Waals surface area (Å²) in [4.78, 5) is 55.5. The molecule has 4 aliphatic rings. The van der Waals surface area contributed by atoms with Gasteiger partial charge in [0.1, 0.15) is 5.75 Å². The second-order valence-corrected chi connectivity index (χ2v) is 13.2. The van der Waals surface area contributed by atoms with E-state index in [9.17, 15) is 19.2 Å². The van der Waals surface area contributed by atoms with Gasteiger partial charge in [-0.1, -0.05) is 49.5 Å². The number of carbonyl (C=O) groups excluding carboxylic acids is 4. The van der Waals surface area contributed by atoms with E-state index in [4.69, 9.17) is 16.3 Å². The number of carbonyl (C=O) groups is 4. The lowest BCUT2D eigenvalue weighted by Crippen LogP contribution is -2.37. The van der Waals surface area contributed by atoms with Crippen LogP contribution in [0.2, 0.25) is 5.02 Å². The Kier molecular flexibility index (Phi) is 6.47. The number of fused-ring (bicyclic) bond motifs is 5. The molecular weight excluding hydrogens is 640 g/mol. The maximum Gasteiger partial charge on any atom is 0.316 e. The number of imide groups is 1. The topological polar surface area (TPSA) is 84.0 Å². The molecule has 3 amide bonds. The summed E-state index contributed by atoms with van der Waals surface area (Å²) in [5.41, 5.74) is 2.74. The summed E-state index contributed by atoms with van der Waals surface area (Å²) >= 11 is 13.6. The molecule has 0 aromatic heterocycles. The van der Waals surface area contributed by atoms with Gasteiger partial charge in [0, 0.05) is 33.3 Å². The van der Waals surface area contributed by atoms with Gasteiger partial charge in [-0.25, -0.2) is 4.90 Å². The van der Waals surface area contributed by atoms with Crippen LogP contribution in [0.1, 0.15) is 24.0 Å². The number of aryl methyl sites for hydroxylation is 2. The zero-order chi connectivity index (χ0) is 27.0. The van der Waals surface area contributed by atoms with Crippen molar-refractivity contribution < 1.29 is 23.9 Å². The van der Waals surface area contributed by atoms with Gasteiger partial charge in [-0.05, 0) is 73.6 Å². The highest BCUT2D eigenvalue weighted by Gasteiger charge is 2.66. The molecule has 7 nitrogen and oxygen atoms in total. The third kappa shape index (κ3) is 3.95. The van der Waals surface area contributed by atoms with Crippen LogP contribution >= 0.6 is 43.5 Å². The van der Waals surface area contributed by atoms with Crippen LogP contribution in [0.15, 0.2) is 36.4 Å². The zero-order valence-corrected chi connectivity index (χ0v) is 24.6. The highest BCUT2D eigenvalue weighted by Crippen LogP contribution is 2.60. The van der Waals surface area contributed by atoms with Gasteiger partial charge in [-0.15, -0.1) is 0 Å². The highest BCUT2D eigenvalue weighted by atomic mass is 79.9. The average molecular weight is 665 g/mol. The Labute approximate surface area is 242 Å². The summed E-state index contributed by atoms with van der Waals surface area (Å²) in [6, 6.07) is 10.3. The van der Waals surface area contributed by atoms with Crippen LogP contribution in [0, 0.1) is 43.4 Å². The van der Waals surface area contributed by atoms with Gasteiger partial charge in [-0.3, -0.25) is 19.2 Å². The molecule has 198 valence electrons. The molecule has 0 radical (unpaired) electrons. The number of ether oxygens (including phenoxy) is 1. The van der Waals surface area contributed by atoms with Gasteiger partial charge in [0.15, 0.2) is 0 Å². The largest absolute Gasteiger partial charge is 0.426 e. The van der Waals surface area contributed by atoms with Crippen molar-refractivity contribution in [2.45, 2.75) is 36.3 Å². The molecule has 2 aliphatic heterocycles. The molecule has 2 aromatic rings. The second-order valence-electron chi connectivity index (χ2n) is 10.7. The Hall–Kier alpha value is -2.23. The summed E-state index contributed by atoms with van der Waals surface area (Å²) < 4.78 is 5.63. The molecule has 4 fully saturated rings. The van der Waals surface area contributed by atoms with E-state index >= 15 is 0 Å². The van der Waals surface area contributed by atoms with Gasteiger partial charge >= 0.3 is 5.97 Å². The summed E-state index contributed by atoms with van der Waals surface area (Å²) in [7, 11) is 0. The van der Waals surface area contributed by atoms with Crippen molar-refractivity contribution in [2.24, 2.45) is 29.6 Å². The highest BCUT2D eigenvalue weighted by molar-refractivity contribution is 9.12. The fourth-order valence-electron chi connectivity index (χ4n) is 6.59. The molecule has 0 spiro atoms. The minimum atomic E-state index is -0.617. The fraction of sp³-hybridized carbons (Fsp3) is 0.429. The number of alkyl halides is 2. The maximum absolute atomic E-state index is 13.4. The lowest BCUT2D eigenvalue weighted by atomic mass is 9.81. The van der Waals surface area contributed by atoms with E-state index in [-0.39, 0.29) is 64.0 Å². The third-order valence-electron chi connectivity index (χ3n) is 8.54. The lowest BCUT2D eigenvalue weighted by Gasteiger charge is -2.28. The number of anilines is 2. The van der Waals surface area contributed by atoms with Crippen molar-refractivity contribution in [1.29, 1.82) is 0 Å². The molecule has 38 heavy (non-hydrogen) atoms. The van der Waals surface area contributed by atoms with E-state index in [1.807, 2.05) is 19.1 Å². The number of amides is 3. The Balaban J connectivity index is 1.16. The number of nitrogens with zero attached hydrogens (tertiary/aromatic N) is 2. The van der Waals surface area contributed by atoms with E-state index < -0.39 is 11.9 Å². The molecular formula is C28H25Br2ClN2O5. The molecule has 6 rings (SSSR count). The smallest absolute Gasteiger partial charge is 0.316 e. The predicted molar refractivity (Wildman–Crippen MR) is 150 cm³/mol. The number of hydrogen-bond donors (Lipinski definition) is 0. The number of esters is 1. The van der Waals surface area contributed by atoms with Crippen LogP contribution in [-0.2, 0) is 19.2 Å². The molecule has 10 heteroatoms. The van der Waals surface area contributed by atoms with Gasteiger partial charge in [0.05, 0.1) is 23.4 Å². The summed E-state index contributed by atoms with van der Waals surface area (Å²) in [6.45, 7) is 3.88. The monoisotopic (exact) mass is 662 g/mol. The average Bonchev–Trinajstić information content (AvgIpc) is 3.59. The van der Waals surface area contributed by atoms with Crippen LogP contribution in [-0.4, -0.2) is 39.9 Å². The van der Waals surface area contributed by atoms with E-state index in [0.29, 0.717) is 27.7 Å². The molecule has 2 aromatic carbocycles. The third-order valence-corrected chi connectivity index (χ3v) is 12.2. The van der Waals surface area contributed by atoms with E-state index in [2.05, 4.69) is 31.9 Å². The zero-order valence-electron chi connectivity index (χ0n) is 20.7. The van der Waals surface area contributed by atoms with Crippen molar-refractivity contribution in [3.8, 4) is 5.75 Å². The molecule has 0 unspecified atom stereocenters. The SMILES string of the molecule is Cc1ccc(N2C[C@H](C(=O)Oc3ccc(N4C(=O)[C@@H]5[C@H]6C[C@@H]([C@H](Br)[C@@H]6Br)[C@@H]5C4=O)c(C)c3)CC2=O)cc1Cl. The minimum Gasteiger partial charge on any atom is -0.426 e. The first-order valence-corrected chi connectivity index (χ1v) is 14.8. The second kappa shape index (κ2) is 9.45. The van der Waals surface area contributed by atoms with E-state index in [0.717, 1.165) is 12.0 Å². The first-order valence-electron chi connectivity index (χ1n) is 12.6. The van der Waals surface area contributed by atoms with E-state index in [1.165, 1.54) is 4.90 Å². The van der Waals surface area contributed by atoms with Crippen molar-refractivity contribution in [3.05, 3.63) is 52.5 Å². The van der Waals surface area contributed by atoms with Crippen LogP contribution in [0.25, 0.3) is 0 Å². The number of halogens is 3. The molecule has 2 bridgehead atoms. The summed E-state index contributed by atoms with van der Waals surface area (Å²) in [5.74, 6) is -1.59. The van der Waals surface area contributed by atoms with Gasteiger partial charge in [-0.2, -0.15) is 0 Å². The summed E-state index contributed by atoms with van der Waals surface area (Å²) in [5, 5.41) is 0.558. The van der Waals surface area contributed by atoms with Crippen molar-refractivity contribution in [1.82, 2.24) is 0 Å². The predicted octanol–water partition coefficient (Wildman–Crippen LogP) is 5.20. The minimum absolute atomic E-state index is 0.0480. The standard InChI is InChI=1S/C28H25Br2ClN2O5/c1-12-3-4-15(9-19(12)31)32-11-14(8-21(32)34)28(37)38-16-5-6-20(13(2)7-16)33-26(35)22-17-10-18(23(22)27(33)36)25(30)24(17)29/h3-7,9,14,17-18,22-25H,8,10-11H2,1-2H3/t14-,17-,18-,22-,23+,24-,25+/m1/s1. The quantitative estimate of drug-likeness (QED) is 0.194. The maximum atomic E-state index is 13.4. The number of rotatable bonds is 4. The molecule has 0 N–H and O–H groups in total. The van der Waals surface area contributed by atoms with Crippen molar-refractivity contribution in [2.75, 3.05) is 16.3 Å². The Bertz CT molecular complexity index is 1370. The molecule has 7 atom stereocenters. The van der Waals surface area contributed by atoms with Crippen LogP contribution < -0.4 is 14.5 Å². The number of benzene rings is 2. The molecule has 2 saturated carbocycles. The van der Waals surface area contributed by atoms with Gasteiger partial charge in [0.2, 0.25) is 17.7 Å². The molecule has 2 heterocycles. The fourth-order valence-corrected chi connectivity index (χ4v) is 8.64. The first-order chi connectivity index (χ1) is 18.1. The Morgan fingerprint density at radius 1 is 0.947 bits per heavy atom. The Morgan fingerprint density at radius 2 is 1.61 bits per heavy atom. The van der Waals surface area contributed by atoms with Crippen molar-refractivity contribution >= 4 is 78.5 Å². The number of hydrogen-bond acceptors (Lipinski definition) is 5. The van der Waals surface area contributed by atoms with Crippen LogP contribution in [0.3, 0.4) is 0 Å². The van der Waals surface area contributed by atoms with Crippen LogP contribution in [0.5, 0.6) is 5.75 Å². The molecule has 2 aliphatic carbocycles. The lowest BCUT2D eigenvalue weighted by molar-refractivity contribution is -0.139. The van der Waals surface area contributed by atoms with Gasteiger partial charge < -0.3 is 9.64 Å².